The molecule has 0 saturated heterocycles. The fourth-order valence-corrected chi connectivity index (χ4v) is 3.17. The quantitative estimate of drug-likeness (QED) is 0.352. The van der Waals surface area contributed by atoms with Gasteiger partial charge in [0.1, 0.15) is 11.6 Å². The Morgan fingerprint density at radius 1 is 1.36 bits per heavy atom. The molecule has 0 amide bonds. The number of hydrogen-bond donors (Lipinski definition) is 0. The van der Waals surface area contributed by atoms with Crippen molar-refractivity contribution in [2.75, 3.05) is 7.11 Å². The predicted octanol–water partition coefficient (Wildman–Crippen LogP) is 4.19. The third-order valence-electron chi connectivity index (χ3n) is 4.14. The summed E-state index contributed by atoms with van der Waals surface area (Å²) >= 11 is 1.49. The minimum Gasteiger partial charge on any atom is -0.493 e. The predicted molar refractivity (Wildman–Crippen MR) is 102 cm³/mol. The van der Waals surface area contributed by atoms with Gasteiger partial charge in [-0.25, -0.2) is 0 Å². The molecule has 1 aromatic carbocycles. The van der Waals surface area contributed by atoms with E-state index in [-0.39, 0.29) is 23.4 Å². The van der Waals surface area contributed by atoms with Gasteiger partial charge in [0.15, 0.2) is 11.5 Å². The van der Waals surface area contributed by atoms with Gasteiger partial charge in [0.2, 0.25) is 5.82 Å². The molecule has 1 aliphatic carbocycles. The molecule has 2 heterocycles. The average Bonchev–Trinajstić information content (AvgIpc) is 3.21. The van der Waals surface area contributed by atoms with Gasteiger partial charge in [0.05, 0.1) is 17.9 Å². The van der Waals surface area contributed by atoms with E-state index in [9.17, 15) is 10.1 Å². The number of allylic oxidation sites excluding steroid dienone is 1. The molecule has 7 nitrogen and oxygen atoms in total. The van der Waals surface area contributed by atoms with Gasteiger partial charge >= 0.3 is 5.97 Å². The Bertz CT molecular complexity index is 1080. The first-order chi connectivity index (χ1) is 13.7. The number of nitrogens with zero attached hydrogens (tertiary/aromatic N) is 3. The molecule has 3 aromatic rings. The van der Waals surface area contributed by atoms with Crippen molar-refractivity contribution in [3.05, 3.63) is 47.2 Å². The van der Waals surface area contributed by atoms with E-state index >= 15 is 0 Å². The molecular formula is C20H15N3O4S. The summed E-state index contributed by atoms with van der Waals surface area (Å²) in [6.07, 6.45) is 3.34. The van der Waals surface area contributed by atoms with Crippen LogP contribution in [0.2, 0.25) is 0 Å². The summed E-state index contributed by atoms with van der Waals surface area (Å²) in [5.74, 6) is 1.08. The number of nitriles is 1. The van der Waals surface area contributed by atoms with Gasteiger partial charge in [0.25, 0.3) is 5.89 Å². The van der Waals surface area contributed by atoms with Crippen LogP contribution in [-0.4, -0.2) is 23.2 Å². The Kier molecular flexibility index (Phi) is 4.91. The zero-order valence-electron chi connectivity index (χ0n) is 14.9. The lowest BCUT2D eigenvalue weighted by Gasteiger charge is -2.09. The van der Waals surface area contributed by atoms with E-state index in [0.29, 0.717) is 22.9 Å². The van der Waals surface area contributed by atoms with E-state index in [1.54, 1.807) is 24.3 Å². The molecule has 2 aromatic heterocycles. The first-order valence-corrected chi connectivity index (χ1v) is 9.45. The van der Waals surface area contributed by atoms with Crippen LogP contribution in [0.3, 0.4) is 0 Å². The van der Waals surface area contributed by atoms with Gasteiger partial charge < -0.3 is 14.0 Å². The van der Waals surface area contributed by atoms with Crippen molar-refractivity contribution >= 4 is 29.0 Å². The van der Waals surface area contributed by atoms with Crippen LogP contribution in [0.1, 0.15) is 24.3 Å². The average molecular weight is 393 g/mol. The number of aromatic nitrogens is 2. The largest absolute Gasteiger partial charge is 0.493 e. The molecular weight excluding hydrogens is 378 g/mol. The van der Waals surface area contributed by atoms with Crippen LogP contribution in [0.5, 0.6) is 11.5 Å². The minimum absolute atomic E-state index is 0.00969. The molecule has 0 bridgehead atoms. The smallest absolute Gasteiger partial charge is 0.314 e. The summed E-state index contributed by atoms with van der Waals surface area (Å²) in [6.45, 7) is 0. The zero-order chi connectivity index (χ0) is 19.5. The maximum absolute atomic E-state index is 11.9. The molecule has 0 atom stereocenters. The summed E-state index contributed by atoms with van der Waals surface area (Å²) in [6, 6.07) is 10.9. The molecule has 8 heteroatoms. The van der Waals surface area contributed by atoms with Crippen LogP contribution >= 0.6 is 11.3 Å². The number of carbonyl (C=O) groups excluding carboxylic acids is 1. The third-order valence-corrected chi connectivity index (χ3v) is 5.00. The number of esters is 1. The Morgan fingerprint density at radius 2 is 2.21 bits per heavy atom. The summed E-state index contributed by atoms with van der Waals surface area (Å²) in [4.78, 5) is 17.0. The molecule has 0 unspecified atom stereocenters. The summed E-state index contributed by atoms with van der Waals surface area (Å²) in [5, 5.41) is 15.3. The number of hydrogen-bond acceptors (Lipinski definition) is 8. The number of methoxy groups -OCH3 is 1. The lowest BCUT2D eigenvalue weighted by Crippen LogP contribution is -2.10. The minimum atomic E-state index is -0.244. The maximum atomic E-state index is 11.9. The van der Waals surface area contributed by atoms with Crippen molar-refractivity contribution < 1.29 is 18.8 Å². The fraction of sp³-hybridized carbons (Fsp3) is 0.200. The molecule has 1 fully saturated rings. The van der Waals surface area contributed by atoms with Crippen molar-refractivity contribution in [3.8, 4) is 28.3 Å². The molecule has 140 valence electrons. The van der Waals surface area contributed by atoms with E-state index in [2.05, 4.69) is 16.2 Å². The van der Waals surface area contributed by atoms with Gasteiger partial charge in [-0.05, 0) is 48.1 Å². The van der Waals surface area contributed by atoms with Gasteiger partial charge in [-0.2, -0.15) is 10.2 Å². The highest BCUT2D eigenvalue weighted by Crippen LogP contribution is 2.35. The summed E-state index contributed by atoms with van der Waals surface area (Å²) in [5.41, 5.74) is 0.899. The molecule has 0 aliphatic heterocycles. The normalized spacial score (nSPS) is 13.8. The van der Waals surface area contributed by atoms with E-state index in [1.807, 2.05) is 17.5 Å². The van der Waals surface area contributed by atoms with Crippen molar-refractivity contribution in [1.82, 2.24) is 10.1 Å². The Morgan fingerprint density at radius 3 is 2.89 bits per heavy atom. The van der Waals surface area contributed by atoms with Crippen LogP contribution in [0, 0.1) is 17.2 Å². The van der Waals surface area contributed by atoms with Crippen molar-refractivity contribution in [3.63, 3.8) is 0 Å². The number of benzene rings is 1. The number of ether oxygens (including phenoxy) is 2. The monoisotopic (exact) mass is 393 g/mol. The second-order valence-corrected chi connectivity index (χ2v) is 7.12. The molecule has 1 saturated carbocycles. The topological polar surface area (TPSA) is 98.2 Å². The van der Waals surface area contributed by atoms with Crippen LogP contribution in [0.4, 0.5) is 0 Å². The Labute approximate surface area is 164 Å². The fourth-order valence-electron chi connectivity index (χ4n) is 2.52. The van der Waals surface area contributed by atoms with Gasteiger partial charge in [-0.15, -0.1) is 11.3 Å². The first-order valence-electron chi connectivity index (χ1n) is 8.57. The van der Waals surface area contributed by atoms with Crippen molar-refractivity contribution in [2.45, 2.75) is 12.8 Å². The summed E-state index contributed by atoms with van der Waals surface area (Å²) in [7, 11) is 1.49. The second kappa shape index (κ2) is 7.66. The molecule has 0 N–H and O–H groups in total. The number of carbonyl (C=O) groups is 1. The lowest BCUT2D eigenvalue weighted by atomic mass is 10.1. The van der Waals surface area contributed by atoms with Gasteiger partial charge in [0, 0.05) is 0 Å². The Hall–Kier alpha value is -3.44. The van der Waals surface area contributed by atoms with Gasteiger partial charge in [-0.1, -0.05) is 17.3 Å². The molecule has 0 radical (unpaired) electrons. The Balaban J connectivity index is 1.59. The third kappa shape index (κ3) is 3.80. The summed E-state index contributed by atoms with van der Waals surface area (Å²) < 4.78 is 15.9. The molecule has 1 aliphatic rings. The van der Waals surface area contributed by atoms with E-state index in [0.717, 1.165) is 17.7 Å². The highest BCUT2D eigenvalue weighted by atomic mass is 32.1. The first kappa shape index (κ1) is 17.9. The maximum Gasteiger partial charge on any atom is 0.314 e. The van der Waals surface area contributed by atoms with E-state index in [4.69, 9.17) is 14.0 Å². The SMILES string of the molecule is COc1cc(/C=C(\C#N)c2nc(-c3cccs3)no2)ccc1OC(=O)C1CC1. The molecule has 28 heavy (non-hydrogen) atoms. The lowest BCUT2D eigenvalue weighted by molar-refractivity contribution is -0.135. The highest BCUT2D eigenvalue weighted by Gasteiger charge is 2.32. The van der Waals surface area contributed by atoms with Crippen LogP contribution in [0.25, 0.3) is 22.4 Å². The van der Waals surface area contributed by atoms with Crippen LogP contribution in [0.15, 0.2) is 40.2 Å². The van der Waals surface area contributed by atoms with Crippen molar-refractivity contribution in [2.24, 2.45) is 5.92 Å². The molecule has 4 rings (SSSR count). The van der Waals surface area contributed by atoms with Crippen LogP contribution < -0.4 is 9.47 Å². The van der Waals surface area contributed by atoms with E-state index < -0.39 is 0 Å². The van der Waals surface area contributed by atoms with E-state index in [1.165, 1.54) is 18.4 Å². The number of thiophene rings is 1. The second-order valence-electron chi connectivity index (χ2n) is 6.18. The van der Waals surface area contributed by atoms with Crippen molar-refractivity contribution in [1.29, 1.82) is 5.26 Å². The molecule has 0 spiro atoms. The highest BCUT2D eigenvalue weighted by molar-refractivity contribution is 7.13. The standard InChI is InChI=1S/C20H15N3O4S/c1-25-16-10-12(4-7-15(16)26-20(24)13-5-6-13)9-14(11-21)19-22-18(23-27-19)17-3-2-8-28-17/h2-4,7-10,13H,5-6H2,1H3/b14-9+. The zero-order valence-corrected chi connectivity index (χ0v) is 15.7. The van der Waals surface area contributed by atoms with Gasteiger partial charge in [-0.3, -0.25) is 4.79 Å². The van der Waals surface area contributed by atoms with Crippen LogP contribution in [-0.2, 0) is 4.79 Å². The number of rotatable bonds is 6.